The number of ether oxygens (including phenoxy) is 1. The van der Waals surface area contributed by atoms with Crippen molar-refractivity contribution in [3.05, 3.63) is 22.2 Å². The number of rotatable bonds is 7. The van der Waals surface area contributed by atoms with Gasteiger partial charge in [-0.05, 0) is 12.1 Å². The number of nitrogen functional groups attached to an aromatic ring is 1. The van der Waals surface area contributed by atoms with Crippen molar-refractivity contribution in [3.8, 4) is 0 Å². The van der Waals surface area contributed by atoms with Crippen LogP contribution in [-0.4, -0.2) is 39.9 Å². The van der Waals surface area contributed by atoms with Crippen LogP contribution in [0.1, 0.15) is 0 Å². The molecule has 0 saturated carbocycles. The van der Waals surface area contributed by atoms with E-state index in [0.29, 0.717) is 0 Å². The first-order chi connectivity index (χ1) is 8.90. The second-order valence-electron chi connectivity index (χ2n) is 3.51. The molecule has 0 aliphatic carbocycles. The van der Waals surface area contributed by atoms with Crippen LogP contribution in [0.5, 0.6) is 0 Å². The van der Waals surface area contributed by atoms with Crippen LogP contribution in [0, 0.1) is 0 Å². The van der Waals surface area contributed by atoms with Crippen LogP contribution in [0.4, 0.5) is 5.69 Å². The van der Waals surface area contributed by atoms with Gasteiger partial charge in [-0.15, -0.1) is 0 Å². The highest BCUT2D eigenvalue weighted by atomic mass is 35.5. The van der Waals surface area contributed by atoms with Crippen molar-refractivity contribution in [1.82, 2.24) is 4.72 Å². The number of aliphatic hydroxyl groups is 1. The van der Waals surface area contributed by atoms with Gasteiger partial charge in [0, 0.05) is 6.54 Å². The Morgan fingerprint density at radius 3 is 2.63 bits per heavy atom. The monoisotopic (exact) mass is 328 g/mol. The molecule has 4 N–H and O–H groups in total. The zero-order valence-corrected chi connectivity index (χ0v) is 12.2. The normalized spacial score (nSPS) is 11.7. The van der Waals surface area contributed by atoms with E-state index in [-0.39, 0.29) is 47.0 Å². The number of aliphatic hydroxyl groups excluding tert-OH is 1. The Hall–Kier alpha value is -0.570. The fraction of sp³-hybridized carbons (Fsp3) is 0.400. The largest absolute Gasteiger partial charge is 0.396 e. The van der Waals surface area contributed by atoms with E-state index in [1.165, 1.54) is 12.1 Å². The summed E-state index contributed by atoms with van der Waals surface area (Å²) in [6.07, 6.45) is 0. The molecule has 0 fully saturated rings. The Morgan fingerprint density at radius 2 is 2.00 bits per heavy atom. The summed E-state index contributed by atoms with van der Waals surface area (Å²) in [4.78, 5) is -0.141. The third-order valence-electron chi connectivity index (χ3n) is 2.15. The molecule has 0 aliphatic heterocycles. The number of sulfonamides is 1. The molecule has 1 rings (SSSR count). The molecular formula is C10H14Cl2N2O4S. The molecule has 0 aliphatic rings. The summed E-state index contributed by atoms with van der Waals surface area (Å²) >= 11 is 11.6. The first kappa shape index (κ1) is 16.5. The van der Waals surface area contributed by atoms with Crippen LogP contribution in [0.3, 0.4) is 0 Å². The molecule has 6 nitrogen and oxygen atoms in total. The van der Waals surface area contributed by atoms with Gasteiger partial charge in [0.2, 0.25) is 10.0 Å². The molecule has 1 aromatic carbocycles. The van der Waals surface area contributed by atoms with Crippen molar-refractivity contribution in [2.45, 2.75) is 4.90 Å². The van der Waals surface area contributed by atoms with E-state index in [1.54, 1.807) is 0 Å². The molecule has 0 bridgehead atoms. The van der Waals surface area contributed by atoms with Gasteiger partial charge in [-0.3, -0.25) is 0 Å². The Kier molecular flexibility index (Phi) is 6.31. The van der Waals surface area contributed by atoms with Crippen molar-refractivity contribution < 1.29 is 18.3 Å². The number of hydrogen-bond acceptors (Lipinski definition) is 5. The van der Waals surface area contributed by atoms with Crippen LogP contribution in [0.25, 0.3) is 0 Å². The van der Waals surface area contributed by atoms with Gasteiger partial charge in [0.05, 0.1) is 35.6 Å². The zero-order chi connectivity index (χ0) is 14.5. The van der Waals surface area contributed by atoms with Crippen LogP contribution in [-0.2, 0) is 14.8 Å². The molecule has 0 saturated heterocycles. The van der Waals surface area contributed by atoms with Crippen molar-refractivity contribution in [1.29, 1.82) is 0 Å². The Balaban J connectivity index is 2.75. The van der Waals surface area contributed by atoms with Crippen LogP contribution < -0.4 is 10.5 Å². The molecule has 0 aromatic heterocycles. The summed E-state index contributed by atoms with van der Waals surface area (Å²) in [6.45, 7) is 0.227. The van der Waals surface area contributed by atoms with E-state index in [2.05, 4.69) is 4.72 Å². The van der Waals surface area contributed by atoms with Crippen molar-refractivity contribution in [2.75, 3.05) is 32.1 Å². The second-order valence-corrected chi connectivity index (χ2v) is 6.03. The van der Waals surface area contributed by atoms with Crippen LogP contribution in [0.15, 0.2) is 17.0 Å². The van der Waals surface area contributed by atoms with E-state index in [9.17, 15) is 8.42 Å². The minimum atomic E-state index is -3.78. The lowest BCUT2D eigenvalue weighted by molar-refractivity contribution is 0.0961. The predicted molar refractivity (Wildman–Crippen MR) is 74.0 cm³/mol. The Bertz CT molecular complexity index is 537. The first-order valence-electron chi connectivity index (χ1n) is 5.32. The van der Waals surface area contributed by atoms with Crippen molar-refractivity contribution >= 4 is 38.9 Å². The molecule has 0 atom stereocenters. The minimum Gasteiger partial charge on any atom is -0.396 e. The summed E-state index contributed by atoms with van der Waals surface area (Å²) in [5.41, 5.74) is 5.58. The fourth-order valence-corrected chi connectivity index (χ4v) is 3.03. The van der Waals surface area contributed by atoms with E-state index < -0.39 is 10.0 Å². The lowest BCUT2D eigenvalue weighted by Crippen LogP contribution is -2.28. The summed E-state index contributed by atoms with van der Waals surface area (Å²) in [5.74, 6) is 0. The third-order valence-corrected chi connectivity index (χ3v) is 4.51. The van der Waals surface area contributed by atoms with Gasteiger partial charge in [0.1, 0.15) is 4.90 Å². The quantitative estimate of drug-likeness (QED) is 0.509. The SMILES string of the molecule is Nc1c(Cl)ccc(S(=O)(=O)NCCOCCO)c1Cl. The van der Waals surface area contributed by atoms with Gasteiger partial charge in [-0.1, -0.05) is 23.2 Å². The van der Waals surface area contributed by atoms with E-state index in [1.807, 2.05) is 0 Å². The standard InChI is InChI=1S/C10H14Cl2N2O4S/c11-7-1-2-8(9(12)10(7)13)19(16,17)14-3-5-18-6-4-15/h1-2,14-15H,3-6,13H2. The van der Waals surface area contributed by atoms with Crippen LogP contribution >= 0.6 is 23.2 Å². The third kappa shape index (κ3) is 4.48. The van der Waals surface area contributed by atoms with Gasteiger partial charge in [-0.25, -0.2) is 13.1 Å². The number of halogens is 2. The molecular weight excluding hydrogens is 315 g/mol. The highest BCUT2D eigenvalue weighted by Gasteiger charge is 2.20. The van der Waals surface area contributed by atoms with Crippen LogP contribution in [0.2, 0.25) is 10.0 Å². The molecule has 9 heteroatoms. The number of nitrogens with two attached hydrogens (primary N) is 1. The molecule has 0 spiro atoms. The summed E-state index contributed by atoms with van der Waals surface area (Å²) in [7, 11) is -3.78. The Morgan fingerprint density at radius 1 is 1.32 bits per heavy atom. The zero-order valence-electron chi connectivity index (χ0n) is 9.90. The topological polar surface area (TPSA) is 102 Å². The number of nitrogens with one attached hydrogen (secondary N) is 1. The molecule has 1 aromatic rings. The molecule has 0 radical (unpaired) electrons. The van der Waals surface area contributed by atoms with E-state index >= 15 is 0 Å². The summed E-state index contributed by atoms with van der Waals surface area (Å²) < 4.78 is 31.1. The summed E-state index contributed by atoms with van der Waals surface area (Å²) in [6, 6.07) is 2.64. The molecule has 0 amide bonds. The highest BCUT2D eigenvalue weighted by molar-refractivity contribution is 7.89. The summed E-state index contributed by atoms with van der Waals surface area (Å²) in [5, 5.41) is 8.56. The van der Waals surface area contributed by atoms with Gasteiger partial charge < -0.3 is 15.6 Å². The first-order valence-corrected chi connectivity index (χ1v) is 7.56. The average molecular weight is 329 g/mol. The molecule has 0 unspecified atom stereocenters. The second kappa shape index (κ2) is 7.28. The maximum absolute atomic E-state index is 12.0. The maximum atomic E-state index is 12.0. The number of anilines is 1. The highest BCUT2D eigenvalue weighted by Crippen LogP contribution is 2.32. The van der Waals surface area contributed by atoms with E-state index in [4.69, 9.17) is 38.8 Å². The lowest BCUT2D eigenvalue weighted by atomic mass is 10.3. The lowest BCUT2D eigenvalue weighted by Gasteiger charge is -2.10. The minimum absolute atomic E-state index is 0.0164. The van der Waals surface area contributed by atoms with Gasteiger partial charge in [0.15, 0.2) is 0 Å². The Labute approximate surface area is 121 Å². The van der Waals surface area contributed by atoms with Crippen molar-refractivity contribution in [2.24, 2.45) is 0 Å². The van der Waals surface area contributed by atoms with Gasteiger partial charge in [0.25, 0.3) is 0 Å². The average Bonchev–Trinajstić information content (AvgIpc) is 2.35. The smallest absolute Gasteiger partial charge is 0.242 e. The predicted octanol–water partition coefficient (Wildman–Crippen LogP) is 0.863. The molecule has 19 heavy (non-hydrogen) atoms. The van der Waals surface area contributed by atoms with Gasteiger partial charge >= 0.3 is 0 Å². The number of benzene rings is 1. The number of hydrogen-bond donors (Lipinski definition) is 3. The van der Waals surface area contributed by atoms with Crippen molar-refractivity contribution in [3.63, 3.8) is 0 Å². The maximum Gasteiger partial charge on any atom is 0.242 e. The van der Waals surface area contributed by atoms with E-state index in [0.717, 1.165) is 0 Å². The molecule has 108 valence electrons. The fourth-order valence-electron chi connectivity index (χ4n) is 1.25. The molecule has 0 heterocycles. The van der Waals surface area contributed by atoms with Gasteiger partial charge in [-0.2, -0.15) is 0 Å².